The third kappa shape index (κ3) is 1.68. The summed E-state index contributed by atoms with van der Waals surface area (Å²) in [6.45, 7) is 0. The van der Waals surface area contributed by atoms with E-state index in [0.717, 1.165) is 11.8 Å². The van der Waals surface area contributed by atoms with Crippen molar-refractivity contribution in [1.29, 1.82) is 0 Å². The monoisotopic (exact) mass is 122 g/mol. The standard InChI is InChI=1S/C8H8O/c9-7-6-8-4-2-1-3-5-8/h1-5,7H,6H2/i6+1,7+1. The van der Waals surface area contributed by atoms with Crippen LogP contribution in [0.4, 0.5) is 0 Å². The maximum absolute atomic E-state index is 9.97. The number of carbonyl (C=O) groups excluding carboxylic acids is 1. The van der Waals surface area contributed by atoms with E-state index in [9.17, 15) is 4.79 Å². The minimum Gasteiger partial charge on any atom is -0.303 e. The number of carbonyl (C=O) groups is 1. The fraction of sp³-hybridized carbons (Fsp3) is 0.125. The van der Waals surface area contributed by atoms with E-state index in [0.29, 0.717) is 6.42 Å². The minimum atomic E-state index is 0.529. The van der Waals surface area contributed by atoms with Gasteiger partial charge in [0.25, 0.3) is 0 Å². The van der Waals surface area contributed by atoms with E-state index < -0.39 is 0 Å². The van der Waals surface area contributed by atoms with Gasteiger partial charge in [-0.05, 0) is 5.56 Å². The largest absolute Gasteiger partial charge is 0.303 e. The summed E-state index contributed by atoms with van der Waals surface area (Å²) in [6.07, 6.45) is 1.44. The Hall–Kier alpha value is -1.11. The maximum Gasteiger partial charge on any atom is 0.124 e. The molecule has 9 heavy (non-hydrogen) atoms. The Morgan fingerprint density at radius 3 is 2.44 bits per heavy atom. The van der Waals surface area contributed by atoms with Gasteiger partial charge in [0, 0.05) is 6.42 Å². The van der Waals surface area contributed by atoms with E-state index in [2.05, 4.69) is 0 Å². The third-order valence-corrected chi connectivity index (χ3v) is 1.16. The zero-order valence-electron chi connectivity index (χ0n) is 5.08. The molecular weight excluding hydrogens is 114 g/mol. The Morgan fingerprint density at radius 2 is 1.89 bits per heavy atom. The zero-order chi connectivity index (χ0) is 6.53. The molecule has 0 heterocycles. The predicted octanol–water partition coefficient (Wildman–Crippen LogP) is 1.43. The van der Waals surface area contributed by atoms with E-state index in [4.69, 9.17) is 0 Å². The third-order valence-electron chi connectivity index (χ3n) is 1.16. The molecule has 0 radical (unpaired) electrons. The van der Waals surface area contributed by atoms with Gasteiger partial charge in [0.2, 0.25) is 0 Å². The molecule has 0 saturated heterocycles. The van der Waals surface area contributed by atoms with Crippen LogP contribution < -0.4 is 0 Å². The van der Waals surface area contributed by atoms with E-state index >= 15 is 0 Å². The number of rotatable bonds is 2. The molecule has 0 aliphatic heterocycles. The van der Waals surface area contributed by atoms with E-state index in [1.54, 1.807) is 0 Å². The van der Waals surface area contributed by atoms with Crippen molar-refractivity contribution in [3.05, 3.63) is 35.9 Å². The summed E-state index contributed by atoms with van der Waals surface area (Å²) in [7, 11) is 0. The second-order valence-corrected chi connectivity index (χ2v) is 1.86. The van der Waals surface area contributed by atoms with Crippen LogP contribution in [0.25, 0.3) is 0 Å². The predicted molar refractivity (Wildman–Crippen MR) is 36.2 cm³/mol. The highest BCUT2D eigenvalue weighted by Crippen LogP contribution is 1.96. The Labute approximate surface area is 54.3 Å². The molecule has 1 rings (SSSR count). The van der Waals surface area contributed by atoms with Gasteiger partial charge in [0.05, 0.1) is 0 Å². The molecule has 0 N–H and O–H groups in total. The van der Waals surface area contributed by atoms with E-state index in [1.807, 2.05) is 30.3 Å². The van der Waals surface area contributed by atoms with Gasteiger partial charge in [0.15, 0.2) is 0 Å². The summed E-state index contributed by atoms with van der Waals surface area (Å²) in [6, 6.07) is 9.68. The van der Waals surface area contributed by atoms with Gasteiger partial charge in [-0.3, -0.25) is 0 Å². The number of aldehydes is 1. The first kappa shape index (κ1) is 6.02. The highest BCUT2D eigenvalue weighted by molar-refractivity contribution is 5.54. The van der Waals surface area contributed by atoms with Crippen LogP contribution in [0.1, 0.15) is 5.56 Å². The molecule has 1 aromatic carbocycles. The molecule has 1 aromatic rings. The van der Waals surface area contributed by atoms with Crippen molar-refractivity contribution in [3.8, 4) is 0 Å². The summed E-state index contributed by atoms with van der Waals surface area (Å²) < 4.78 is 0. The highest BCUT2D eigenvalue weighted by Gasteiger charge is 1.84. The lowest BCUT2D eigenvalue weighted by molar-refractivity contribution is -0.107. The molecule has 0 aliphatic rings. The summed E-state index contributed by atoms with van der Waals surface area (Å²) in [5, 5.41) is 0. The number of hydrogen-bond acceptors (Lipinski definition) is 1. The van der Waals surface area contributed by atoms with Crippen molar-refractivity contribution in [2.45, 2.75) is 6.42 Å². The first-order chi connectivity index (χ1) is 4.43. The van der Waals surface area contributed by atoms with Crippen molar-refractivity contribution < 1.29 is 4.79 Å². The van der Waals surface area contributed by atoms with Gasteiger partial charge in [-0.1, -0.05) is 30.3 Å². The fourth-order valence-corrected chi connectivity index (χ4v) is 0.710. The van der Waals surface area contributed by atoms with Crippen LogP contribution in [0, 0.1) is 0 Å². The average molecular weight is 122 g/mol. The Kier molecular flexibility index (Phi) is 2.02. The first-order valence-corrected chi connectivity index (χ1v) is 2.91. The van der Waals surface area contributed by atoms with Crippen molar-refractivity contribution >= 4 is 6.29 Å². The zero-order valence-corrected chi connectivity index (χ0v) is 5.08. The molecule has 0 bridgehead atoms. The molecule has 0 aliphatic carbocycles. The quantitative estimate of drug-likeness (QED) is 0.428. The van der Waals surface area contributed by atoms with Crippen molar-refractivity contribution in [2.24, 2.45) is 0 Å². The van der Waals surface area contributed by atoms with Gasteiger partial charge >= 0.3 is 0 Å². The lowest BCUT2D eigenvalue weighted by atomic mass is 10.3. The first-order valence-electron chi connectivity index (χ1n) is 2.91. The molecule has 0 amide bonds. The van der Waals surface area contributed by atoms with Crippen LogP contribution in [-0.4, -0.2) is 6.29 Å². The van der Waals surface area contributed by atoms with Crippen LogP contribution >= 0.6 is 0 Å². The molecule has 0 unspecified atom stereocenters. The average Bonchev–Trinajstić information content (AvgIpc) is 1.91. The number of benzene rings is 1. The van der Waals surface area contributed by atoms with Gasteiger partial charge in [-0.15, -0.1) is 0 Å². The highest BCUT2D eigenvalue weighted by atomic mass is 16.2. The summed E-state index contributed by atoms with van der Waals surface area (Å²) in [5.74, 6) is 0. The Morgan fingerprint density at radius 1 is 1.22 bits per heavy atom. The molecule has 0 aromatic heterocycles. The van der Waals surface area contributed by atoms with Gasteiger partial charge in [-0.2, -0.15) is 0 Å². The molecule has 46 valence electrons. The minimum absolute atomic E-state index is 0.529. The second kappa shape index (κ2) is 3.02. The van der Waals surface area contributed by atoms with Crippen molar-refractivity contribution in [2.75, 3.05) is 0 Å². The smallest absolute Gasteiger partial charge is 0.124 e. The summed E-state index contributed by atoms with van der Waals surface area (Å²) in [5.41, 5.74) is 1.08. The lowest BCUT2D eigenvalue weighted by Crippen LogP contribution is -1.82. The van der Waals surface area contributed by atoms with Crippen LogP contribution in [0.3, 0.4) is 0 Å². The molecular formula is C8H8O. The molecule has 0 atom stereocenters. The number of hydrogen-bond donors (Lipinski definition) is 0. The molecule has 1 nitrogen and oxygen atoms in total. The lowest BCUT2D eigenvalue weighted by Gasteiger charge is -1.89. The molecule has 0 fully saturated rings. The van der Waals surface area contributed by atoms with Crippen molar-refractivity contribution in [3.63, 3.8) is 0 Å². The second-order valence-electron chi connectivity index (χ2n) is 1.86. The molecule has 1 heteroatoms. The summed E-state index contributed by atoms with van der Waals surface area (Å²) in [4.78, 5) is 9.97. The van der Waals surface area contributed by atoms with Crippen LogP contribution in [-0.2, 0) is 11.2 Å². The van der Waals surface area contributed by atoms with Crippen molar-refractivity contribution in [1.82, 2.24) is 0 Å². The van der Waals surface area contributed by atoms with E-state index in [-0.39, 0.29) is 0 Å². The van der Waals surface area contributed by atoms with Gasteiger partial charge in [-0.25, -0.2) is 0 Å². The fourth-order valence-electron chi connectivity index (χ4n) is 0.710. The SMILES string of the molecule is O=[13CH][13CH2]c1ccccc1. The van der Waals surface area contributed by atoms with Crippen LogP contribution in [0.2, 0.25) is 0 Å². The van der Waals surface area contributed by atoms with Gasteiger partial charge in [0.1, 0.15) is 6.29 Å². The summed E-state index contributed by atoms with van der Waals surface area (Å²) >= 11 is 0. The van der Waals surface area contributed by atoms with Crippen LogP contribution in [0.15, 0.2) is 30.3 Å². The normalized spacial score (nSPS) is 8.89. The molecule has 0 saturated carbocycles. The van der Waals surface area contributed by atoms with Crippen LogP contribution in [0.5, 0.6) is 0 Å². The topological polar surface area (TPSA) is 17.1 Å². The Balaban J connectivity index is 2.72. The van der Waals surface area contributed by atoms with E-state index in [1.165, 1.54) is 0 Å². The maximum atomic E-state index is 9.97. The molecule has 0 spiro atoms. The van der Waals surface area contributed by atoms with Gasteiger partial charge < -0.3 is 4.79 Å². The Bertz CT molecular complexity index is 179.